The summed E-state index contributed by atoms with van der Waals surface area (Å²) in [6, 6.07) is 12.7. The Hall–Kier alpha value is -2.71. The van der Waals surface area contributed by atoms with Crippen molar-refractivity contribution in [2.75, 3.05) is 25.2 Å². The van der Waals surface area contributed by atoms with Gasteiger partial charge in [-0.15, -0.1) is 0 Å². The number of carbonyl (C=O) groups excluding carboxylic acids is 2. The van der Waals surface area contributed by atoms with Crippen LogP contribution in [0.1, 0.15) is 27.6 Å². The first-order valence-corrected chi connectivity index (χ1v) is 11.1. The number of methoxy groups -OCH3 is 1. The van der Waals surface area contributed by atoms with Crippen molar-refractivity contribution in [3.05, 3.63) is 68.7 Å². The molecular formula is C23H18Br2N2O4. The number of hydrogen-bond donors (Lipinski definition) is 0. The number of carbonyl (C=O) groups is 2. The molecule has 4 rings (SSSR count). The lowest BCUT2D eigenvalue weighted by atomic mass is 10.0. The van der Waals surface area contributed by atoms with Crippen molar-refractivity contribution in [3.8, 4) is 22.8 Å². The minimum absolute atomic E-state index is 0.0112. The number of anilines is 1. The fraction of sp³-hybridized carbons (Fsp3) is 0.174. The van der Waals surface area contributed by atoms with Crippen LogP contribution in [0.3, 0.4) is 0 Å². The van der Waals surface area contributed by atoms with Crippen LogP contribution in [0.4, 0.5) is 5.69 Å². The Morgan fingerprint density at radius 2 is 1.71 bits per heavy atom. The SMILES string of the molecule is COc1c(Br)cc(C(=O)N2CCOc3ncc(-c4ccc(C(C)=O)cc4)cc32)cc1Br. The van der Waals surface area contributed by atoms with E-state index in [9.17, 15) is 9.59 Å². The molecule has 0 saturated carbocycles. The first-order valence-electron chi connectivity index (χ1n) is 9.48. The summed E-state index contributed by atoms with van der Waals surface area (Å²) in [5.41, 5.74) is 3.48. The molecule has 0 bridgehead atoms. The molecule has 1 amide bonds. The summed E-state index contributed by atoms with van der Waals surface area (Å²) in [5, 5.41) is 0. The molecule has 0 atom stereocenters. The summed E-state index contributed by atoms with van der Waals surface area (Å²) in [5.74, 6) is 0.879. The van der Waals surface area contributed by atoms with Crippen molar-refractivity contribution < 1.29 is 19.1 Å². The second-order valence-corrected chi connectivity index (χ2v) is 8.67. The smallest absolute Gasteiger partial charge is 0.258 e. The maximum atomic E-state index is 13.4. The Morgan fingerprint density at radius 3 is 2.32 bits per heavy atom. The summed E-state index contributed by atoms with van der Waals surface area (Å²) in [6.45, 7) is 2.30. The second kappa shape index (κ2) is 8.80. The number of rotatable bonds is 4. The van der Waals surface area contributed by atoms with Gasteiger partial charge in [0.25, 0.3) is 5.91 Å². The number of Topliss-reactive ketones (excluding diaryl/α,β-unsaturated/α-hetero) is 1. The van der Waals surface area contributed by atoms with Gasteiger partial charge in [0.05, 0.1) is 22.6 Å². The van der Waals surface area contributed by atoms with Crippen LogP contribution in [0.25, 0.3) is 11.1 Å². The number of hydrogen-bond acceptors (Lipinski definition) is 5. The van der Waals surface area contributed by atoms with Gasteiger partial charge in [-0.25, -0.2) is 4.98 Å². The lowest BCUT2D eigenvalue weighted by Crippen LogP contribution is -2.38. The van der Waals surface area contributed by atoms with E-state index < -0.39 is 0 Å². The minimum Gasteiger partial charge on any atom is -0.494 e. The van der Waals surface area contributed by atoms with Crippen LogP contribution < -0.4 is 14.4 Å². The third-order valence-corrected chi connectivity index (χ3v) is 6.17. The molecule has 3 aromatic rings. The van der Waals surface area contributed by atoms with Gasteiger partial charge >= 0.3 is 0 Å². The van der Waals surface area contributed by atoms with Gasteiger partial charge in [-0.3, -0.25) is 9.59 Å². The summed E-state index contributed by atoms with van der Waals surface area (Å²) >= 11 is 6.91. The van der Waals surface area contributed by atoms with Gasteiger partial charge in [0.2, 0.25) is 5.88 Å². The van der Waals surface area contributed by atoms with E-state index >= 15 is 0 Å². The third kappa shape index (κ3) is 4.22. The number of ketones is 1. The van der Waals surface area contributed by atoms with Crippen molar-refractivity contribution in [1.82, 2.24) is 4.98 Å². The molecule has 0 N–H and O–H groups in total. The fourth-order valence-corrected chi connectivity index (χ4v) is 4.91. The normalized spacial score (nSPS) is 12.7. The van der Waals surface area contributed by atoms with Crippen LogP contribution in [0.2, 0.25) is 0 Å². The highest BCUT2D eigenvalue weighted by Gasteiger charge is 2.27. The van der Waals surface area contributed by atoms with E-state index in [-0.39, 0.29) is 11.7 Å². The van der Waals surface area contributed by atoms with Crippen LogP contribution >= 0.6 is 31.9 Å². The van der Waals surface area contributed by atoms with Gasteiger partial charge in [-0.1, -0.05) is 24.3 Å². The monoisotopic (exact) mass is 544 g/mol. The Morgan fingerprint density at radius 1 is 1.03 bits per heavy atom. The molecule has 158 valence electrons. The van der Waals surface area contributed by atoms with E-state index in [1.165, 1.54) is 6.92 Å². The average molecular weight is 546 g/mol. The zero-order chi connectivity index (χ0) is 22.1. The highest BCUT2D eigenvalue weighted by Crippen LogP contribution is 2.37. The molecule has 0 saturated heterocycles. The molecule has 2 heterocycles. The van der Waals surface area contributed by atoms with Crippen molar-refractivity contribution >= 4 is 49.2 Å². The fourth-order valence-electron chi connectivity index (χ4n) is 3.40. The van der Waals surface area contributed by atoms with Crippen molar-refractivity contribution in [2.24, 2.45) is 0 Å². The van der Waals surface area contributed by atoms with Crippen LogP contribution in [0.5, 0.6) is 11.6 Å². The van der Waals surface area contributed by atoms with Gasteiger partial charge in [0.15, 0.2) is 5.78 Å². The van der Waals surface area contributed by atoms with E-state index in [2.05, 4.69) is 36.8 Å². The van der Waals surface area contributed by atoms with Crippen LogP contribution in [0.15, 0.2) is 57.6 Å². The molecule has 0 fully saturated rings. The molecule has 0 unspecified atom stereocenters. The number of ether oxygens (including phenoxy) is 2. The molecular weight excluding hydrogens is 528 g/mol. The van der Waals surface area contributed by atoms with Crippen molar-refractivity contribution in [1.29, 1.82) is 0 Å². The third-order valence-electron chi connectivity index (χ3n) is 5.00. The summed E-state index contributed by atoms with van der Waals surface area (Å²) < 4.78 is 12.4. The molecule has 8 heteroatoms. The van der Waals surface area contributed by atoms with E-state index in [0.717, 1.165) is 11.1 Å². The Kier molecular flexibility index (Phi) is 6.11. The molecule has 6 nitrogen and oxygen atoms in total. The number of nitrogens with zero attached hydrogens (tertiary/aromatic N) is 2. The Labute approximate surface area is 196 Å². The summed E-state index contributed by atoms with van der Waals surface area (Å²) in [4.78, 5) is 31.0. The molecule has 0 spiro atoms. The van der Waals surface area contributed by atoms with Gasteiger partial charge < -0.3 is 14.4 Å². The summed E-state index contributed by atoms with van der Waals surface area (Å²) in [7, 11) is 1.57. The second-order valence-electron chi connectivity index (χ2n) is 6.96. The molecule has 1 aliphatic rings. The van der Waals surface area contributed by atoms with E-state index in [1.807, 2.05) is 18.2 Å². The van der Waals surface area contributed by atoms with E-state index in [1.54, 1.807) is 42.5 Å². The maximum Gasteiger partial charge on any atom is 0.258 e. The highest BCUT2D eigenvalue weighted by atomic mass is 79.9. The molecule has 0 radical (unpaired) electrons. The number of pyridine rings is 1. The van der Waals surface area contributed by atoms with Gasteiger partial charge in [0.1, 0.15) is 18.0 Å². The number of aromatic nitrogens is 1. The first kappa shape index (κ1) is 21.5. The first-order chi connectivity index (χ1) is 14.9. The number of amides is 1. The predicted octanol–water partition coefficient (Wildman–Crippen LogP) is 5.52. The topological polar surface area (TPSA) is 68.7 Å². The largest absolute Gasteiger partial charge is 0.494 e. The van der Waals surface area contributed by atoms with Crippen molar-refractivity contribution in [3.63, 3.8) is 0 Å². The Bertz CT molecular complexity index is 1160. The molecule has 31 heavy (non-hydrogen) atoms. The van der Waals surface area contributed by atoms with Gasteiger partial charge in [-0.2, -0.15) is 0 Å². The zero-order valence-corrected chi connectivity index (χ0v) is 20.0. The molecule has 0 aliphatic carbocycles. The van der Waals surface area contributed by atoms with Crippen molar-refractivity contribution in [2.45, 2.75) is 6.92 Å². The molecule has 1 aromatic heterocycles. The quantitative estimate of drug-likeness (QED) is 0.403. The van der Waals surface area contributed by atoms with Crippen LogP contribution in [0, 0.1) is 0 Å². The molecule has 1 aliphatic heterocycles. The van der Waals surface area contributed by atoms with E-state index in [0.29, 0.717) is 50.5 Å². The van der Waals surface area contributed by atoms with Gasteiger partial charge in [0, 0.05) is 22.9 Å². The Balaban J connectivity index is 1.71. The molecule has 2 aromatic carbocycles. The lowest BCUT2D eigenvalue weighted by molar-refractivity contribution is 0.0974. The average Bonchev–Trinajstić information content (AvgIpc) is 2.77. The minimum atomic E-state index is -0.167. The predicted molar refractivity (Wildman–Crippen MR) is 125 cm³/mol. The number of fused-ring (bicyclic) bond motifs is 1. The summed E-state index contributed by atoms with van der Waals surface area (Å²) in [6.07, 6.45) is 1.70. The standard InChI is InChI=1S/C23H18Br2N2O4/c1-13(28)14-3-5-15(6-4-14)17-11-20-22(26-12-17)31-8-7-27(20)23(29)16-9-18(24)21(30-2)19(25)10-16/h3-6,9-12H,7-8H2,1-2H3. The van der Waals surface area contributed by atoms with Crippen LogP contribution in [-0.2, 0) is 0 Å². The zero-order valence-electron chi connectivity index (χ0n) is 16.8. The number of halogens is 2. The highest BCUT2D eigenvalue weighted by molar-refractivity contribution is 9.11. The van der Waals surface area contributed by atoms with Crippen LogP contribution in [-0.4, -0.2) is 36.9 Å². The maximum absolute atomic E-state index is 13.4. The lowest BCUT2D eigenvalue weighted by Gasteiger charge is -2.29. The van der Waals surface area contributed by atoms with Gasteiger partial charge in [-0.05, 0) is 62.5 Å². The number of benzene rings is 2. The van der Waals surface area contributed by atoms with E-state index in [4.69, 9.17) is 9.47 Å².